The van der Waals surface area contributed by atoms with Crippen molar-refractivity contribution in [1.29, 1.82) is 0 Å². The van der Waals surface area contributed by atoms with Crippen molar-refractivity contribution < 1.29 is 39.7 Å². The second kappa shape index (κ2) is 19.7. The van der Waals surface area contributed by atoms with E-state index in [0.29, 0.717) is 18.0 Å². The molecule has 2 saturated heterocycles. The molecule has 40 heavy (non-hydrogen) atoms. The summed E-state index contributed by atoms with van der Waals surface area (Å²) in [7, 11) is 1.00. The average Bonchev–Trinajstić information content (AvgIpc) is 3.42. The smallest absolute Gasteiger partial charge is 0.217 e. The molecule has 2 aliphatic rings. The van der Waals surface area contributed by atoms with Gasteiger partial charge in [-0.2, -0.15) is 0 Å². The normalized spacial score (nSPS) is 17.1. The zero-order chi connectivity index (χ0) is 29.6. The van der Waals surface area contributed by atoms with E-state index in [1.807, 2.05) is 26.0 Å². The Morgan fingerprint density at radius 1 is 1.02 bits per heavy atom. The molecule has 226 valence electrons. The third-order valence-electron chi connectivity index (χ3n) is 6.88. The largest absolute Gasteiger partial charge is 0.662 e. The number of aliphatic hydroxyl groups is 1. The Morgan fingerprint density at radius 2 is 1.62 bits per heavy atom. The summed E-state index contributed by atoms with van der Waals surface area (Å²) in [6.45, 7) is 16.3. The molecule has 2 aromatic carbocycles. The number of piperidine rings is 1. The first-order chi connectivity index (χ1) is 18.5. The van der Waals surface area contributed by atoms with E-state index < -0.39 is 11.6 Å². The number of nitrogens with zero attached hydrogens (tertiary/aromatic N) is 2. The maximum Gasteiger partial charge on any atom is 0.217 e. The molecule has 1 unspecified atom stereocenters. The van der Waals surface area contributed by atoms with Crippen LogP contribution in [0, 0.1) is 11.6 Å². The molecular weight excluding hydrogens is 704 g/mol. The maximum atomic E-state index is 13.7. The fraction of sp³-hybridized carbons (Fsp3) is 0.581. The first-order valence-corrected chi connectivity index (χ1v) is 14.2. The summed E-state index contributed by atoms with van der Waals surface area (Å²) in [6, 6.07) is 9.89. The van der Waals surface area contributed by atoms with Crippen LogP contribution in [0.5, 0.6) is 0 Å². The number of hydrogen-bond acceptors (Lipinski definition) is 3. The molecule has 0 saturated carbocycles. The van der Waals surface area contributed by atoms with Crippen molar-refractivity contribution in [2.75, 3.05) is 33.3 Å². The van der Waals surface area contributed by atoms with E-state index in [0.717, 1.165) is 69.2 Å². The van der Waals surface area contributed by atoms with Gasteiger partial charge in [-0.3, -0.25) is 9.69 Å². The fourth-order valence-electron chi connectivity index (χ4n) is 4.86. The summed E-state index contributed by atoms with van der Waals surface area (Å²) in [5, 5.41) is 14.9. The van der Waals surface area contributed by atoms with Gasteiger partial charge in [-0.05, 0) is 74.5 Å². The van der Waals surface area contributed by atoms with Crippen molar-refractivity contribution in [1.82, 2.24) is 10.2 Å². The van der Waals surface area contributed by atoms with Crippen LogP contribution in [0.15, 0.2) is 36.4 Å². The van der Waals surface area contributed by atoms with Crippen LogP contribution >= 0.6 is 11.6 Å². The van der Waals surface area contributed by atoms with Crippen LogP contribution in [0.25, 0.3) is 5.32 Å². The van der Waals surface area contributed by atoms with Gasteiger partial charge in [-0.25, -0.2) is 8.78 Å². The molecule has 0 bridgehead atoms. The van der Waals surface area contributed by atoms with E-state index in [1.54, 1.807) is 6.07 Å². The predicted molar refractivity (Wildman–Crippen MR) is 159 cm³/mol. The van der Waals surface area contributed by atoms with Gasteiger partial charge in [0, 0.05) is 70.7 Å². The minimum Gasteiger partial charge on any atom is -0.662 e. The fourth-order valence-corrected chi connectivity index (χ4v) is 5.06. The van der Waals surface area contributed by atoms with Gasteiger partial charge in [0.1, 0.15) is 11.6 Å². The van der Waals surface area contributed by atoms with Crippen LogP contribution in [0.2, 0.25) is 5.02 Å². The number of benzene rings is 2. The second-order valence-electron chi connectivity index (χ2n) is 10.5. The molecule has 1 amide bonds. The second-order valence-corrected chi connectivity index (χ2v) is 10.9. The van der Waals surface area contributed by atoms with Crippen LogP contribution in [-0.2, 0) is 32.4 Å². The van der Waals surface area contributed by atoms with Gasteiger partial charge >= 0.3 is 0 Å². The monoisotopic (exact) mass is 750 g/mol. The van der Waals surface area contributed by atoms with E-state index in [-0.39, 0.29) is 38.4 Å². The van der Waals surface area contributed by atoms with Gasteiger partial charge in [-0.15, -0.1) is 13.1 Å². The Balaban J connectivity index is 0.000000663. The number of rotatable bonds is 4. The van der Waals surface area contributed by atoms with Crippen molar-refractivity contribution in [3.63, 3.8) is 0 Å². The quantitative estimate of drug-likeness (QED) is 0.342. The van der Waals surface area contributed by atoms with Crippen molar-refractivity contribution in [2.24, 2.45) is 0 Å². The van der Waals surface area contributed by atoms with Crippen molar-refractivity contribution in [2.45, 2.75) is 84.7 Å². The van der Waals surface area contributed by atoms with E-state index >= 15 is 0 Å². The minimum absolute atomic E-state index is 0. The maximum absolute atomic E-state index is 13.7. The van der Waals surface area contributed by atoms with E-state index in [2.05, 4.69) is 42.4 Å². The molecular formula is C31H47ClF2N3O2W-. The Kier molecular flexibility index (Phi) is 19.0. The third-order valence-corrected chi connectivity index (χ3v) is 7.12. The average molecular weight is 751 g/mol. The third kappa shape index (κ3) is 12.6. The van der Waals surface area contributed by atoms with Crippen LogP contribution in [0.3, 0.4) is 0 Å². The number of carbonyl (C=O) groups is 1. The van der Waals surface area contributed by atoms with Crippen LogP contribution < -0.4 is 5.32 Å². The SMILES string of the molecule is CC.CC(=O)NCc1cc(Cl)ccc1C1CC[N-]CC1.CC(C)(C)N1CCC(c2ccc(F)cc2F)C1.CO.[W]. The van der Waals surface area contributed by atoms with E-state index in [9.17, 15) is 13.6 Å². The summed E-state index contributed by atoms with van der Waals surface area (Å²) in [6.07, 6.45) is 3.13. The molecule has 2 aliphatic heterocycles. The number of hydrogen-bond donors (Lipinski definition) is 2. The minimum atomic E-state index is -0.503. The Labute approximate surface area is 259 Å². The summed E-state index contributed by atoms with van der Waals surface area (Å²) >= 11 is 6.04. The molecule has 0 radical (unpaired) electrons. The van der Waals surface area contributed by atoms with Gasteiger partial charge in [0.05, 0.1) is 0 Å². The Hall–Kier alpha value is -1.37. The van der Waals surface area contributed by atoms with Gasteiger partial charge in [0.15, 0.2) is 0 Å². The van der Waals surface area contributed by atoms with Gasteiger partial charge < -0.3 is 15.7 Å². The molecule has 9 heteroatoms. The zero-order valence-electron chi connectivity index (χ0n) is 25.1. The molecule has 0 aromatic heterocycles. The number of likely N-dealkylation sites (tertiary alicyclic amines) is 1. The van der Waals surface area contributed by atoms with Gasteiger partial charge in [0.2, 0.25) is 5.91 Å². The topological polar surface area (TPSA) is 66.7 Å². The zero-order valence-corrected chi connectivity index (χ0v) is 28.8. The Morgan fingerprint density at radius 3 is 2.15 bits per heavy atom. The summed E-state index contributed by atoms with van der Waals surface area (Å²) in [5.74, 6) is -0.194. The van der Waals surface area contributed by atoms with Gasteiger partial charge in [0.25, 0.3) is 0 Å². The van der Waals surface area contributed by atoms with Crippen LogP contribution in [-0.4, -0.2) is 54.7 Å². The van der Waals surface area contributed by atoms with Crippen molar-refractivity contribution in [3.05, 3.63) is 75.1 Å². The standard InChI is InChI=1S/C14H18ClN2O.C14H19F2N.C2H6.CH4O.W/c1-10(18)17-9-12-8-13(15)2-3-14(12)11-4-6-16-7-5-11;1-14(2,3)17-7-6-10(9-17)12-5-4-11(15)8-13(12)16;2*1-2;/h2-3,8,11H,4-7,9H2,1H3,(H,17,18);4-5,8,10H,6-7,9H2,1-3H3;1-2H3;2H,1H3;/q-1;;;;. The Bertz CT molecular complexity index is 1010. The molecule has 0 aliphatic carbocycles. The molecule has 2 N–H and O–H groups in total. The number of aliphatic hydroxyl groups excluding tert-OH is 1. The summed E-state index contributed by atoms with van der Waals surface area (Å²) in [5.41, 5.74) is 3.21. The first kappa shape index (κ1) is 38.6. The van der Waals surface area contributed by atoms with Crippen molar-refractivity contribution in [3.8, 4) is 0 Å². The molecule has 5 nitrogen and oxygen atoms in total. The van der Waals surface area contributed by atoms with E-state index in [1.165, 1.54) is 18.6 Å². The first-order valence-electron chi connectivity index (χ1n) is 13.9. The molecule has 1 atom stereocenters. The summed E-state index contributed by atoms with van der Waals surface area (Å²) < 4.78 is 26.5. The van der Waals surface area contributed by atoms with Crippen LogP contribution in [0.1, 0.15) is 89.3 Å². The van der Waals surface area contributed by atoms with Crippen molar-refractivity contribution >= 4 is 17.5 Å². The number of amides is 1. The number of carbonyl (C=O) groups excluding carboxylic acids is 1. The molecule has 2 heterocycles. The molecule has 4 rings (SSSR count). The number of nitrogens with one attached hydrogen (secondary N) is 1. The van der Waals surface area contributed by atoms with E-state index in [4.69, 9.17) is 16.7 Å². The molecule has 2 aromatic rings. The van der Waals surface area contributed by atoms with Gasteiger partial charge in [-0.1, -0.05) is 50.4 Å². The molecule has 0 spiro atoms. The number of halogens is 3. The van der Waals surface area contributed by atoms with Crippen LogP contribution in [0.4, 0.5) is 8.78 Å². The predicted octanol–water partition coefficient (Wildman–Crippen LogP) is 7.41. The summed E-state index contributed by atoms with van der Waals surface area (Å²) in [4.78, 5) is 13.4. The molecule has 2 fully saturated rings.